The molecule has 1 aliphatic heterocycles. The first-order valence-electron chi connectivity index (χ1n) is 12.5. The van der Waals surface area contributed by atoms with Crippen LogP contribution in [0.1, 0.15) is 43.4 Å². The van der Waals surface area contributed by atoms with Crippen LogP contribution in [-0.4, -0.2) is 42.1 Å². The number of aromatic hydroxyl groups is 1. The third-order valence-corrected chi connectivity index (χ3v) is 6.80. The standard InChI is InChI=1S/C29H34ClFN2O3/c1-21(20-36-29-9-5-6-16-35-29)33(18-22-7-3-2-4-8-22)19-28(23-10-12-24(31)13-11-23)32-27-15-14-25(34)17-26(27)30/h2-4,7-8,10-15,17,21,28-29,32,34H,5-6,9,16,18-20H2,1H3. The predicted molar refractivity (Wildman–Crippen MR) is 142 cm³/mol. The van der Waals surface area contributed by atoms with Gasteiger partial charge in [-0.1, -0.05) is 54.1 Å². The highest BCUT2D eigenvalue weighted by Gasteiger charge is 2.24. The molecule has 192 valence electrons. The number of hydrogen-bond acceptors (Lipinski definition) is 5. The maximum absolute atomic E-state index is 13.7. The molecule has 3 aromatic rings. The lowest BCUT2D eigenvalue weighted by Crippen LogP contribution is -2.41. The molecule has 3 atom stereocenters. The van der Waals surface area contributed by atoms with Crippen LogP contribution in [0.2, 0.25) is 5.02 Å². The number of nitrogens with one attached hydrogen (secondary N) is 1. The van der Waals surface area contributed by atoms with E-state index in [-0.39, 0.29) is 29.9 Å². The van der Waals surface area contributed by atoms with Crippen molar-refractivity contribution in [2.75, 3.05) is 25.1 Å². The molecule has 0 radical (unpaired) electrons. The number of phenols is 1. The van der Waals surface area contributed by atoms with Gasteiger partial charge in [0.05, 0.1) is 23.4 Å². The summed E-state index contributed by atoms with van der Waals surface area (Å²) in [7, 11) is 0. The van der Waals surface area contributed by atoms with Gasteiger partial charge in [0.15, 0.2) is 6.29 Å². The molecular formula is C29H34ClFN2O3. The van der Waals surface area contributed by atoms with Gasteiger partial charge in [-0.15, -0.1) is 0 Å². The second-order valence-electron chi connectivity index (χ2n) is 9.31. The number of phenolic OH excluding ortho intramolecular Hbond substituents is 1. The summed E-state index contributed by atoms with van der Waals surface area (Å²) in [5, 5.41) is 13.7. The van der Waals surface area contributed by atoms with Gasteiger partial charge in [0.25, 0.3) is 0 Å². The Balaban J connectivity index is 1.56. The normalized spacial score (nSPS) is 17.6. The fourth-order valence-corrected chi connectivity index (χ4v) is 4.61. The topological polar surface area (TPSA) is 54.0 Å². The van der Waals surface area contributed by atoms with Gasteiger partial charge in [-0.2, -0.15) is 0 Å². The van der Waals surface area contributed by atoms with Gasteiger partial charge < -0.3 is 19.9 Å². The first-order chi connectivity index (χ1) is 17.5. The van der Waals surface area contributed by atoms with Crippen LogP contribution in [0.3, 0.4) is 0 Å². The summed E-state index contributed by atoms with van der Waals surface area (Å²) in [6, 6.07) is 21.6. The Bertz CT molecular complexity index is 1080. The maximum Gasteiger partial charge on any atom is 0.157 e. The van der Waals surface area contributed by atoms with Crippen LogP contribution in [0.25, 0.3) is 0 Å². The van der Waals surface area contributed by atoms with Crippen molar-refractivity contribution in [3.05, 3.63) is 94.8 Å². The summed E-state index contributed by atoms with van der Waals surface area (Å²) in [6.45, 7) is 4.78. The van der Waals surface area contributed by atoms with E-state index < -0.39 is 0 Å². The number of ether oxygens (including phenoxy) is 2. The van der Waals surface area contributed by atoms with Crippen LogP contribution < -0.4 is 5.32 Å². The zero-order valence-corrected chi connectivity index (χ0v) is 21.3. The molecule has 5 nitrogen and oxygen atoms in total. The highest BCUT2D eigenvalue weighted by molar-refractivity contribution is 6.33. The molecule has 2 N–H and O–H groups in total. The number of hydrogen-bond donors (Lipinski definition) is 2. The molecule has 4 rings (SSSR count). The fraction of sp³-hybridized carbons (Fsp3) is 0.379. The number of benzene rings is 3. The minimum atomic E-state index is -0.282. The minimum absolute atomic E-state index is 0.0933. The molecule has 0 bridgehead atoms. The predicted octanol–water partition coefficient (Wildman–Crippen LogP) is 6.77. The molecular weight excluding hydrogens is 479 g/mol. The molecule has 3 aromatic carbocycles. The highest BCUT2D eigenvalue weighted by Crippen LogP contribution is 2.30. The van der Waals surface area contributed by atoms with Crippen LogP contribution >= 0.6 is 11.6 Å². The second kappa shape index (κ2) is 13.1. The second-order valence-corrected chi connectivity index (χ2v) is 9.71. The zero-order valence-electron chi connectivity index (χ0n) is 20.6. The van der Waals surface area contributed by atoms with Crippen LogP contribution in [0, 0.1) is 5.82 Å². The Labute approximate surface area is 217 Å². The van der Waals surface area contributed by atoms with E-state index in [4.69, 9.17) is 21.1 Å². The molecule has 1 heterocycles. The van der Waals surface area contributed by atoms with Crippen molar-refractivity contribution >= 4 is 17.3 Å². The molecule has 0 saturated carbocycles. The van der Waals surface area contributed by atoms with Crippen molar-refractivity contribution in [2.24, 2.45) is 0 Å². The summed E-state index contributed by atoms with van der Waals surface area (Å²) >= 11 is 6.42. The van der Waals surface area contributed by atoms with E-state index in [1.165, 1.54) is 23.8 Å². The van der Waals surface area contributed by atoms with Crippen molar-refractivity contribution in [1.82, 2.24) is 4.90 Å². The summed E-state index contributed by atoms with van der Waals surface area (Å²) in [5.74, 6) is -0.180. The average molecular weight is 513 g/mol. The molecule has 3 unspecified atom stereocenters. The molecule has 0 amide bonds. The summed E-state index contributed by atoms with van der Waals surface area (Å²) < 4.78 is 25.6. The number of rotatable bonds is 11. The SMILES string of the molecule is CC(COC1CCCCO1)N(Cc1ccccc1)CC(Nc1ccc(O)cc1Cl)c1ccc(F)cc1. The van der Waals surface area contributed by atoms with E-state index in [0.717, 1.165) is 38.0 Å². The Morgan fingerprint density at radius 2 is 1.89 bits per heavy atom. The Morgan fingerprint density at radius 1 is 1.11 bits per heavy atom. The zero-order chi connectivity index (χ0) is 25.3. The maximum atomic E-state index is 13.7. The molecule has 0 spiro atoms. The van der Waals surface area contributed by atoms with Crippen LogP contribution in [0.4, 0.5) is 10.1 Å². The number of anilines is 1. The fourth-order valence-electron chi connectivity index (χ4n) is 4.39. The highest BCUT2D eigenvalue weighted by atomic mass is 35.5. The van der Waals surface area contributed by atoms with Crippen molar-refractivity contribution in [2.45, 2.75) is 51.1 Å². The lowest BCUT2D eigenvalue weighted by molar-refractivity contribution is -0.170. The third-order valence-electron chi connectivity index (χ3n) is 6.48. The lowest BCUT2D eigenvalue weighted by Gasteiger charge is -2.34. The van der Waals surface area contributed by atoms with Gasteiger partial charge in [0, 0.05) is 31.8 Å². The van der Waals surface area contributed by atoms with Crippen molar-refractivity contribution < 1.29 is 19.0 Å². The Hall–Kier alpha value is -2.64. The minimum Gasteiger partial charge on any atom is -0.508 e. The molecule has 7 heteroatoms. The van der Waals surface area contributed by atoms with Crippen LogP contribution in [0.5, 0.6) is 5.75 Å². The largest absolute Gasteiger partial charge is 0.508 e. The monoisotopic (exact) mass is 512 g/mol. The van der Waals surface area contributed by atoms with Crippen molar-refractivity contribution in [3.63, 3.8) is 0 Å². The van der Waals surface area contributed by atoms with E-state index in [9.17, 15) is 9.50 Å². The van der Waals surface area contributed by atoms with Gasteiger partial charge in [-0.25, -0.2) is 4.39 Å². The molecule has 0 aliphatic carbocycles. The Kier molecular flexibility index (Phi) is 9.59. The summed E-state index contributed by atoms with van der Waals surface area (Å²) in [4.78, 5) is 2.35. The average Bonchev–Trinajstić information content (AvgIpc) is 2.89. The molecule has 0 aromatic heterocycles. The quantitative estimate of drug-likeness (QED) is 0.278. The first kappa shape index (κ1) is 26.4. The van der Waals surface area contributed by atoms with Crippen LogP contribution in [-0.2, 0) is 16.0 Å². The third kappa shape index (κ3) is 7.68. The van der Waals surface area contributed by atoms with E-state index in [1.807, 2.05) is 18.2 Å². The van der Waals surface area contributed by atoms with E-state index in [1.54, 1.807) is 24.3 Å². The van der Waals surface area contributed by atoms with Gasteiger partial charge in [0.1, 0.15) is 11.6 Å². The summed E-state index contributed by atoms with van der Waals surface area (Å²) in [6.07, 6.45) is 2.98. The van der Waals surface area contributed by atoms with E-state index >= 15 is 0 Å². The van der Waals surface area contributed by atoms with E-state index in [0.29, 0.717) is 23.9 Å². The molecule has 1 aliphatic rings. The number of nitrogens with zero attached hydrogens (tertiary/aromatic N) is 1. The van der Waals surface area contributed by atoms with Gasteiger partial charge in [-0.05, 0) is 61.6 Å². The van der Waals surface area contributed by atoms with Crippen molar-refractivity contribution in [1.29, 1.82) is 0 Å². The van der Waals surface area contributed by atoms with E-state index in [2.05, 4.69) is 29.3 Å². The number of halogens is 2. The van der Waals surface area contributed by atoms with Crippen molar-refractivity contribution in [3.8, 4) is 5.75 Å². The van der Waals surface area contributed by atoms with Gasteiger partial charge in [-0.3, -0.25) is 4.90 Å². The molecule has 1 saturated heterocycles. The van der Waals surface area contributed by atoms with Gasteiger partial charge in [0.2, 0.25) is 0 Å². The smallest absolute Gasteiger partial charge is 0.157 e. The first-order valence-corrected chi connectivity index (χ1v) is 12.9. The lowest BCUT2D eigenvalue weighted by atomic mass is 10.0. The molecule has 36 heavy (non-hydrogen) atoms. The van der Waals surface area contributed by atoms with Gasteiger partial charge >= 0.3 is 0 Å². The summed E-state index contributed by atoms with van der Waals surface area (Å²) in [5.41, 5.74) is 2.82. The van der Waals surface area contributed by atoms with Crippen LogP contribution in [0.15, 0.2) is 72.8 Å². The Morgan fingerprint density at radius 3 is 2.58 bits per heavy atom. The molecule has 1 fully saturated rings.